The largest absolute Gasteiger partial charge is 0.386 e. The van der Waals surface area contributed by atoms with Gasteiger partial charge < -0.3 is 32.5 Å². The number of aromatic nitrogens is 2. The second kappa shape index (κ2) is 25.0. The van der Waals surface area contributed by atoms with Gasteiger partial charge in [-0.3, -0.25) is 14.9 Å². The number of carbonyl (C=O) groups excluding carboxylic acids is 1. The summed E-state index contributed by atoms with van der Waals surface area (Å²) in [4.78, 5) is 20.4. The van der Waals surface area contributed by atoms with Crippen molar-refractivity contribution < 1.29 is 28.5 Å². The Bertz CT molecular complexity index is 628. The molecule has 0 atom stereocenters. The van der Waals surface area contributed by atoms with Gasteiger partial charge in [0, 0.05) is 57.9 Å². The molecule has 0 aliphatic rings. The molecule has 2 aromatic heterocycles. The Balaban J connectivity index is -0.000000151. The molecule has 2 heterocycles. The van der Waals surface area contributed by atoms with Crippen LogP contribution in [-0.2, 0) is 29.0 Å². The molecule has 0 aromatic carbocycles. The first kappa shape index (κ1) is 38.6. The van der Waals surface area contributed by atoms with E-state index in [1.165, 1.54) is 13.8 Å². The zero-order valence-electron chi connectivity index (χ0n) is 16.3. The minimum Gasteiger partial charge on any atom is -0.386 e. The van der Waals surface area contributed by atoms with Crippen LogP contribution in [0.15, 0.2) is 51.9 Å². The molecule has 11 heteroatoms. The molecule has 0 saturated carbocycles. The van der Waals surface area contributed by atoms with Gasteiger partial charge in [-0.2, -0.15) is 0 Å². The van der Waals surface area contributed by atoms with E-state index in [0.717, 1.165) is 14.4 Å². The van der Waals surface area contributed by atoms with Crippen LogP contribution in [0.4, 0.5) is 0 Å². The van der Waals surface area contributed by atoms with Crippen LogP contribution in [-0.4, -0.2) is 20.8 Å². The third-order valence-electron chi connectivity index (χ3n) is 2.06. The number of hydrogen-bond acceptors (Lipinski definition) is 4. The van der Waals surface area contributed by atoms with Crippen molar-refractivity contribution in [3.05, 3.63) is 62.4 Å². The van der Waals surface area contributed by atoms with E-state index in [0.29, 0.717) is 0 Å². The molecule has 0 aliphatic heterocycles. The topological polar surface area (TPSA) is 63.1 Å². The number of alkyl halides is 3. The van der Waals surface area contributed by atoms with E-state index in [-0.39, 0.29) is 24.3 Å². The summed E-state index contributed by atoms with van der Waals surface area (Å²) >= 11 is 15.4. The maximum Gasteiger partial charge on any atom is 0.126 e. The number of nitrogens with zero attached hydrogens (tertiary/aromatic N) is 2. The van der Waals surface area contributed by atoms with Crippen LogP contribution >= 0.6 is 122 Å². The van der Waals surface area contributed by atoms with E-state index in [1.807, 2.05) is 34.7 Å². The van der Waals surface area contributed by atoms with E-state index < -0.39 is 5.60 Å². The van der Waals surface area contributed by atoms with E-state index in [1.54, 1.807) is 44.7 Å². The maximum atomic E-state index is 9.61. The SMILES string of the molecule is Brc1cccnc1.CC(C)(O)c1ccncc1Br.CC(C)=O.IC(I)I.[CH2-]I.[V]. The van der Waals surface area contributed by atoms with Gasteiger partial charge in [0.05, 0.1) is 5.60 Å². The number of pyridine rings is 2. The van der Waals surface area contributed by atoms with Gasteiger partial charge in [-0.15, -0.1) is 0 Å². The van der Waals surface area contributed by atoms with E-state index in [2.05, 4.69) is 115 Å². The van der Waals surface area contributed by atoms with Crippen LogP contribution in [0.2, 0.25) is 0 Å². The Morgan fingerprint density at radius 1 is 1.07 bits per heavy atom. The van der Waals surface area contributed by atoms with Gasteiger partial charge >= 0.3 is 0 Å². The van der Waals surface area contributed by atoms with Gasteiger partial charge in [0.2, 0.25) is 0 Å². The fourth-order valence-corrected chi connectivity index (χ4v) is 2.22. The zero-order chi connectivity index (χ0) is 22.8. The number of Topliss-reactive ketones (excluding diaryl/α,β-unsaturated/α-hetero) is 1. The van der Waals surface area contributed by atoms with Crippen molar-refractivity contribution in [2.45, 2.75) is 33.2 Å². The molecular formula is C18H23Br2I4N2O2V-. The average molecular weight is 1020 g/mol. The van der Waals surface area contributed by atoms with Crippen molar-refractivity contribution in [3.63, 3.8) is 0 Å². The Hall–Kier alpha value is 2.39. The molecule has 29 heavy (non-hydrogen) atoms. The summed E-state index contributed by atoms with van der Waals surface area (Å²) in [5.41, 5.74) is 0.0504. The summed E-state index contributed by atoms with van der Waals surface area (Å²) in [6, 6.07) is 5.61. The predicted octanol–water partition coefficient (Wildman–Crippen LogP) is 8.30. The molecule has 0 unspecified atom stereocenters. The number of aliphatic hydroxyl groups is 1. The van der Waals surface area contributed by atoms with Crippen LogP contribution in [0, 0.1) is 4.93 Å². The molecule has 1 radical (unpaired) electrons. The summed E-state index contributed by atoms with van der Waals surface area (Å²) < 4.78 is 2.61. The van der Waals surface area contributed by atoms with Crippen molar-refractivity contribution >= 4 is 128 Å². The third-order valence-corrected chi connectivity index (χ3v) is 3.16. The number of rotatable bonds is 1. The van der Waals surface area contributed by atoms with Gasteiger partial charge in [0.15, 0.2) is 0 Å². The first-order valence-corrected chi connectivity index (χ1v) is 14.3. The normalized spacial score (nSPS) is 8.86. The molecule has 0 spiro atoms. The average Bonchev–Trinajstić information content (AvgIpc) is 2.56. The minimum absolute atomic E-state index is 0. The Morgan fingerprint density at radius 2 is 1.48 bits per heavy atom. The first-order valence-electron chi connectivity index (χ1n) is 7.42. The second-order valence-corrected chi connectivity index (χ2v) is 17.9. The molecule has 165 valence electrons. The molecule has 0 amide bonds. The summed E-state index contributed by atoms with van der Waals surface area (Å²) in [6.07, 6.45) is 6.83. The molecule has 0 bridgehead atoms. The Morgan fingerprint density at radius 3 is 1.69 bits per heavy atom. The monoisotopic (exact) mass is 1020 g/mol. The molecule has 0 saturated heterocycles. The standard InChI is InChI=1S/C8H10BrNO.C5H4BrN.C3H6O.CHI3.CH2I.V/c1-8(2,11)6-3-4-10-5-7(6)9;6-5-2-1-3-7-4-5;1-3(2)4;2-1(3)4;1-2;/h3-5,11H,1-2H3;1-4H;1-2H3;1H;1H2;/q;;;;-1;. The van der Waals surface area contributed by atoms with Crippen molar-refractivity contribution in [2.24, 2.45) is 0 Å². The summed E-state index contributed by atoms with van der Waals surface area (Å²) in [5, 5.41) is 9.61. The fourth-order valence-electron chi connectivity index (χ4n) is 1.21. The van der Waals surface area contributed by atoms with Gasteiger partial charge in [-0.25, -0.2) is 0 Å². The van der Waals surface area contributed by atoms with Crippen LogP contribution in [0.1, 0.15) is 33.3 Å². The first-order chi connectivity index (χ1) is 12.9. The summed E-state index contributed by atoms with van der Waals surface area (Å²) in [6.45, 7) is 6.54. The number of halogens is 6. The van der Waals surface area contributed by atoms with Gasteiger partial charge in [-0.05, 0) is 77.8 Å². The summed E-state index contributed by atoms with van der Waals surface area (Å²) in [5.74, 6) is 0.167. The van der Waals surface area contributed by atoms with Crippen LogP contribution in [0.5, 0.6) is 0 Å². The van der Waals surface area contributed by atoms with E-state index in [9.17, 15) is 9.90 Å². The maximum absolute atomic E-state index is 9.61. The fraction of sp³-hybridized carbons (Fsp3) is 0.333. The number of ketones is 1. The molecule has 2 rings (SSSR count). The molecule has 0 fully saturated rings. The Kier molecular flexibility index (Phi) is 33.4. The smallest absolute Gasteiger partial charge is 0.126 e. The van der Waals surface area contributed by atoms with Gasteiger partial charge in [-0.1, -0.05) is 67.8 Å². The van der Waals surface area contributed by atoms with Crippen LogP contribution < -0.4 is 0 Å². The van der Waals surface area contributed by atoms with Crippen molar-refractivity contribution in [1.82, 2.24) is 9.97 Å². The van der Waals surface area contributed by atoms with Crippen molar-refractivity contribution in [1.29, 1.82) is 0 Å². The van der Waals surface area contributed by atoms with Crippen molar-refractivity contribution in [2.75, 3.05) is 0 Å². The number of hydrogen-bond donors (Lipinski definition) is 1. The van der Waals surface area contributed by atoms with E-state index >= 15 is 0 Å². The molecular weight excluding hydrogens is 995 g/mol. The van der Waals surface area contributed by atoms with Crippen LogP contribution in [0.3, 0.4) is 0 Å². The predicted molar refractivity (Wildman–Crippen MR) is 161 cm³/mol. The second-order valence-electron chi connectivity index (χ2n) is 5.24. The minimum atomic E-state index is -0.804. The van der Waals surface area contributed by atoms with Crippen LogP contribution in [0.25, 0.3) is 0 Å². The molecule has 0 aliphatic carbocycles. The summed E-state index contributed by atoms with van der Waals surface area (Å²) in [7, 11) is 0. The third kappa shape index (κ3) is 32.7. The van der Waals surface area contributed by atoms with Gasteiger partial charge in [0.1, 0.15) is 5.72 Å². The Labute approximate surface area is 258 Å². The molecule has 4 nitrogen and oxygen atoms in total. The number of carbonyl (C=O) groups is 1. The van der Waals surface area contributed by atoms with E-state index in [4.69, 9.17) is 0 Å². The molecule has 1 N–H and O–H groups in total. The molecule has 2 aromatic rings. The quantitative estimate of drug-likeness (QED) is 0.178. The van der Waals surface area contributed by atoms with Gasteiger partial charge in [0.25, 0.3) is 0 Å². The zero-order valence-corrected chi connectivity index (χ0v) is 29.5. The van der Waals surface area contributed by atoms with Crippen molar-refractivity contribution in [3.8, 4) is 0 Å².